The van der Waals surface area contributed by atoms with Gasteiger partial charge in [-0.1, -0.05) is 0 Å². The maximum atomic E-state index is 12.8. The van der Waals surface area contributed by atoms with E-state index in [-0.39, 0.29) is 10.9 Å². The van der Waals surface area contributed by atoms with Crippen molar-refractivity contribution in [1.82, 2.24) is 14.9 Å². The molecular weight excluding hydrogens is 299 g/mol. The maximum absolute atomic E-state index is 12.8. The number of methoxy groups -OCH3 is 1. The van der Waals surface area contributed by atoms with Crippen LogP contribution in [-0.2, 0) is 14.8 Å². The van der Waals surface area contributed by atoms with Crippen LogP contribution in [0.5, 0.6) is 0 Å². The summed E-state index contributed by atoms with van der Waals surface area (Å²) in [6.45, 7) is 2.12. The van der Waals surface area contributed by atoms with Crippen LogP contribution in [0.25, 0.3) is 0 Å². The van der Waals surface area contributed by atoms with Crippen molar-refractivity contribution in [2.45, 2.75) is 4.90 Å². The second kappa shape index (κ2) is 6.83. The molecule has 0 fully saturated rings. The lowest BCUT2D eigenvalue weighted by atomic mass is 10.4. The molecule has 21 heavy (non-hydrogen) atoms. The first-order valence-corrected chi connectivity index (χ1v) is 7.77. The predicted molar refractivity (Wildman–Crippen MR) is 75.6 cm³/mol. The van der Waals surface area contributed by atoms with Gasteiger partial charge < -0.3 is 10.1 Å². The van der Waals surface area contributed by atoms with Crippen LogP contribution in [-0.4, -0.2) is 52.9 Å². The van der Waals surface area contributed by atoms with Gasteiger partial charge in [0, 0.05) is 13.7 Å². The van der Waals surface area contributed by atoms with Gasteiger partial charge in [0.15, 0.2) is 0 Å². The number of ether oxygens (including phenoxy) is 1. The highest BCUT2D eigenvalue weighted by molar-refractivity contribution is 7.90. The third kappa shape index (κ3) is 4.38. The molecule has 1 aliphatic rings. The summed E-state index contributed by atoms with van der Waals surface area (Å²) in [6.07, 6.45) is 0. The molecule has 0 unspecified atom stereocenters. The highest BCUT2D eigenvalue weighted by Crippen LogP contribution is 2.09. The number of nitrogens with zero attached hydrogens (tertiary/aromatic N) is 2. The number of sulfonamides is 1. The first-order chi connectivity index (χ1) is 10.0. The van der Waals surface area contributed by atoms with Gasteiger partial charge in [0.1, 0.15) is 5.82 Å². The molecule has 0 radical (unpaired) electrons. The number of halogens is 1. The Labute approximate surface area is 122 Å². The van der Waals surface area contributed by atoms with Crippen molar-refractivity contribution in [2.75, 3.05) is 33.6 Å². The van der Waals surface area contributed by atoms with Crippen molar-refractivity contribution in [2.24, 2.45) is 4.99 Å². The Morgan fingerprint density at radius 1 is 1.43 bits per heavy atom. The van der Waals surface area contributed by atoms with Gasteiger partial charge in [-0.2, -0.15) is 0 Å². The van der Waals surface area contributed by atoms with Crippen LogP contribution < -0.4 is 10.0 Å². The van der Waals surface area contributed by atoms with Gasteiger partial charge in [-0.15, -0.1) is 0 Å². The van der Waals surface area contributed by atoms with E-state index in [1.807, 2.05) is 4.90 Å². The summed E-state index contributed by atoms with van der Waals surface area (Å²) in [7, 11) is -2.15. The van der Waals surface area contributed by atoms with Gasteiger partial charge in [-0.25, -0.2) is 22.5 Å². The molecule has 0 aromatic heterocycles. The molecule has 0 spiro atoms. The van der Waals surface area contributed by atoms with E-state index in [1.165, 1.54) is 12.1 Å². The third-order valence-corrected chi connectivity index (χ3v) is 4.22. The lowest BCUT2D eigenvalue weighted by molar-refractivity contribution is 0.144. The summed E-state index contributed by atoms with van der Waals surface area (Å²) in [5.74, 6) is -0.316. The van der Waals surface area contributed by atoms with Crippen LogP contribution >= 0.6 is 0 Å². The Bertz CT molecular complexity index is 603. The Morgan fingerprint density at radius 2 is 2.14 bits per heavy atom. The van der Waals surface area contributed by atoms with E-state index in [0.29, 0.717) is 26.5 Å². The topological polar surface area (TPSA) is 83.0 Å². The maximum Gasteiger partial charge on any atom is 0.264 e. The minimum atomic E-state index is -3.76. The Kier molecular flexibility index (Phi) is 5.10. The van der Waals surface area contributed by atoms with Crippen LogP contribution in [0.4, 0.5) is 4.39 Å². The lowest BCUT2D eigenvalue weighted by Gasteiger charge is -2.26. The van der Waals surface area contributed by atoms with Crippen molar-refractivity contribution in [3.8, 4) is 0 Å². The molecule has 0 aliphatic carbocycles. The van der Waals surface area contributed by atoms with E-state index in [4.69, 9.17) is 4.74 Å². The average molecular weight is 316 g/mol. The van der Waals surface area contributed by atoms with Crippen molar-refractivity contribution >= 4 is 16.0 Å². The summed E-state index contributed by atoms with van der Waals surface area (Å²) in [5, 5.41) is 2.87. The van der Waals surface area contributed by atoms with E-state index in [9.17, 15) is 12.8 Å². The normalized spacial score (nSPS) is 16.2. The van der Waals surface area contributed by atoms with Crippen molar-refractivity contribution in [1.29, 1.82) is 0 Å². The highest BCUT2D eigenvalue weighted by Gasteiger charge is 2.19. The molecule has 0 saturated heterocycles. The molecule has 0 amide bonds. The number of aliphatic imine (C=N–C) groups is 1. The molecule has 1 aliphatic heterocycles. The van der Waals surface area contributed by atoms with Crippen LogP contribution in [0.2, 0.25) is 0 Å². The quantitative estimate of drug-likeness (QED) is 0.794. The molecule has 0 atom stereocenters. The average Bonchev–Trinajstić information content (AvgIpc) is 2.47. The molecule has 1 heterocycles. The highest BCUT2D eigenvalue weighted by atomic mass is 32.2. The zero-order valence-corrected chi connectivity index (χ0v) is 12.4. The first kappa shape index (κ1) is 15.7. The number of guanidine groups is 1. The zero-order valence-electron chi connectivity index (χ0n) is 11.5. The van der Waals surface area contributed by atoms with Crippen molar-refractivity contribution < 1.29 is 17.5 Å². The minimum Gasteiger partial charge on any atom is -0.383 e. The number of nitrogens with one attached hydrogen (secondary N) is 2. The fraction of sp³-hybridized carbons (Fsp3) is 0.417. The van der Waals surface area contributed by atoms with Crippen LogP contribution in [0.3, 0.4) is 0 Å². The fourth-order valence-electron chi connectivity index (χ4n) is 1.70. The monoisotopic (exact) mass is 316 g/mol. The number of hydrogen-bond donors (Lipinski definition) is 2. The lowest BCUT2D eigenvalue weighted by Crippen LogP contribution is -2.50. The molecule has 1 aromatic rings. The van der Waals surface area contributed by atoms with Gasteiger partial charge in [-0.3, -0.25) is 4.90 Å². The van der Waals surface area contributed by atoms with Gasteiger partial charge in [-0.05, 0) is 24.3 Å². The Hall–Kier alpha value is -1.71. The molecule has 0 saturated carbocycles. The third-order valence-electron chi connectivity index (χ3n) is 2.87. The molecular formula is C12H17FN4O3S. The Balaban J connectivity index is 1.98. The van der Waals surface area contributed by atoms with Crippen molar-refractivity contribution in [3.05, 3.63) is 30.1 Å². The SMILES string of the molecule is COCCN1CN=C(NS(=O)(=O)c2ccc(F)cc2)NC1. The standard InChI is InChI=1S/C12H17FN4O3S/c1-20-7-6-17-8-14-12(15-9-17)16-21(18,19)11-4-2-10(13)3-5-11/h2-5H,6-9H2,1H3,(H2,14,15,16). The number of rotatable bonds is 5. The first-order valence-electron chi connectivity index (χ1n) is 6.29. The van der Waals surface area contributed by atoms with Gasteiger partial charge >= 0.3 is 0 Å². The van der Waals surface area contributed by atoms with E-state index in [2.05, 4.69) is 15.0 Å². The van der Waals surface area contributed by atoms with Gasteiger partial charge in [0.25, 0.3) is 10.0 Å². The largest absolute Gasteiger partial charge is 0.383 e. The number of benzene rings is 1. The molecule has 116 valence electrons. The summed E-state index contributed by atoms with van der Waals surface area (Å²) in [6, 6.07) is 4.59. The number of hydrogen-bond acceptors (Lipinski definition) is 6. The predicted octanol–water partition coefficient (Wildman–Crippen LogP) is -0.0734. The van der Waals surface area contributed by atoms with Crippen molar-refractivity contribution in [3.63, 3.8) is 0 Å². The molecule has 2 rings (SSSR count). The molecule has 7 nitrogen and oxygen atoms in total. The van der Waals surface area contributed by atoms with Crippen LogP contribution in [0, 0.1) is 5.82 Å². The summed E-state index contributed by atoms with van der Waals surface area (Å²) in [5.41, 5.74) is 0. The summed E-state index contributed by atoms with van der Waals surface area (Å²) < 4.78 is 44.3. The van der Waals surface area contributed by atoms with Crippen LogP contribution in [0.1, 0.15) is 0 Å². The van der Waals surface area contributed by atoms with Gasteiger partial charge in [0.05, 0.1) is 24.8 Å². The smallest absolute Gasteiger partial charge is 0.264 e. The zero-order chi connectivity index (χ0) is 15.3. The Morgan fingerprint density at radius 3 is 2.71 bits per heavy atom. The minimum absolute atomic E-state index is 0.0183. The molecule has 0 bridgehead atoms. The molecule has 2 N–H and O–H groups in total. The molecule has 9 heteroatoms. The second-order valence-electron chi connectivity index (χ2n) is 4.43. The van der Waals surface area contributed by atoms with E-state index >= 15 is 0 Å². The van der Waals surface area contributed by atoms with E-state index in [0.717, 1.165) is 12.1 Å². The van der Waals surface area contributed by atoms with Crippen LogP contribution in [0.15, 0.2) is 34.2 Å². The van der Waals surface area contributed by atoms with E-state index < -0.39 is 15.8 Å². The van der Waals surface area contributed by atoms with E-state index in [1.54, 1.807) is 7.11 Å². The molecule has 1 aromatic carbocycles. The second-order valence-corrected chi connectivity index (χ2v) is 6.11. The summed E-state index contributed by atoms with van der Waals surface area (Å²) in [4.78, 5) is 6.04. The van der Waals surface area contributed by atoms with Gasteiger partial charge in [0.2, 0.25) is 5.96 Å². The fourth-order valence-corrected chi connectivity index (χ4v) is 2.71. The summed E-state index contributed by atoms with van der Waals surface area (Å²) >= 11 is 0.